The zero-order valence-corrected chi connectivity index (χ0v) is 11.6. The molecule has 0 aliphatic heterocycles. The van der Waals surface area contributed by atoms with Crippen molar-refractivity contribution in [1.29, 1.82) is 0 Å². The van der Waals surface area contributed by atoms with Gasteiger partial charge in [0.1, 0.15) is 0 Å². The summed E-state index contributed by atoms with van der Waals surface area (Å²) in [7, 11) is -3.26. The Morgan fingerprint density at radius 2 is 1.94 bits per heavy atom. The second-order valence-corrected chi connectivity index (χ2v) is 6.65. The minimum Gasteiger partial charge on any atom is -0.481 e. The zero-order valence-electron chi connectivity index (χ0n) is 10.8. The lowest BCUT2D eigenvalue weighted by Crippen LogP contribution is -2.32. The first-order chi connectivity index (χ1) is 7.76. The Morgan fingerprint density at radius 1 is 1.35 bits per heavy atom. The molecule has 17 heavy (non-hydrogen) atoms. The summed E-state index contributed by atoms with van der Waals surface area (Å²) in [6.45, 7) is 6.00. The molecule has 0 saturated heterocycles. The normalized spacial score (nSPS) is 13.9. The first kappa shape index (κ1) is 16.4. The number of hydrogen-bond acceptors (Lipinski definition) is 3. The van der Waals surface area contributed by atoms with Crippen molar-refractivity contribution in [2.45, 2.75) is 40.0 Å². The van der Waals surface area contributed by atoms with Gasteiger partial charge in [-0.25, -0.2) is 13.1 Å². The minimum absolute atomic E-state index is 0.00318. The van der Waals surface area contributed by atoms with Crippen molar-refractivity contribution in [2.75, 3.05) is 12.3 Å². The van der Waals surface area contributed by atoms with Gasteiger partial charge in [-0.2, -0.15) is 0 Å². The van der Waals surface area contributed by atoms with E-state index in [1.165, 1.54) is 0 Å². The molecule has 5 nitrogen and oxygen atoms in total. The summed E-state index contributed by atoms with van der Waals surface area (Å²) in [6.07, 6.45) is 1.27. The Morgan fingerprint density at radius 3 is 2.35 bits per heavy atom. The number of rotatable bonds is 9. The Hall–Kier alpha value is -0.620. The lowest BCUT2D eigenvalue weighted by atomic mass is 10.0. The largest absolute Gasteiger partial charge is 0.481 e. The number of aliphatic carboxylic acids is 1. The lowest BCUT2D eigenvalue weighted by Gasteiger charge is -2.14. The monoisotopic (exact) mass is 265 g/mol. The molecule has 0 aromatic rings. The molecule has 0 radical (unpaired) electrons. The van der Waals surface area contributed by atoms with E-state index in [2.05, 4.69) is 4.72 Å². The van der Waals surface area contributed by atoms with Crippen LogP contribution in [0.2, 0.25) is 0 Å². The Bertz CT molecular complexity index is 324. The van der Waals surface area contributed by atoms with Crippen LogP contribution in [0.4, 0.5) is 0 Å². The van der Waals surface area contributed by atoms with E-state index < -0.39 is 16.0 Å². The predicted molar refractivity (Wildman–Crippen MR) is 67.3 cm³/mol. The molecule has 0 aliphatic carbocycles. The molecule has 0 saturated carbocycles. The second-order valence-electron chi connectivity index (χ2n) is 4.72. The van der Waals surface area contributed by atoms with E-state index in [-0.39, 0.29) is 24.6 Å². The van der Waals surface area contributed by atoms with E-state index in [1.807, 2.05) is 20.8 Å². The van der Waals surface area contributed by atoms with Gasteiger partial charge in [0.15, 0.2) is 0 Å². The van der Waals surface area contributed by atoms with Gasteiger partial charge in [0.25, 0.3) is 0 Å². The van der Waals surface area contributed by atoms with Gasteiger partial charge in [-0.15, -0.1) is 0 Å². The van der Waals surface area contributed by atoms with Gasteiger partial charge in [0.05, 0.1) is 5.75 Å². The SMILES string of the molecule is CCC(CNS(=O)(=O)CCC(C)C)CC(=O)O. The van der Waals surface area contributed by atoms with E-state index in [0.29, 0.717) is 18.8 Å². The van der Waals surface area contributed by atoms with Crippen LogP contribution < -0.4 is 4.72 Å². The summed E-state index contributed by atoms with van der Waals surface area (Å²) in [5.41, 5.74) is 0. The fourth-order valence-corrected chi connectivity index (χ4v) is 2.73. The van der Waals surface area contributed by atoms with Gasteiger partial charge in [-0.1, -0.05) is 27.2 Å². The third-order valence-corrected chi connectivity index (χ3v) is 3.98. The zero-order chi connectivity index (χ0) is 13.5. The number of carboxylic acids is 1. The van der Waals surface area contributed by atoms with Crippen LogP contribution >= 0.6 is 0 Å². The lowest BCUT2D eigenvalue weighted by molar-refractivity contribution is -0.138. The molecule has 0 fully saturated rings. The smallest absolute Gasteiger partial charge is 0.303 e. The van der Waals surface area contributed by atoms with E-state index in [1.54, 1.807) is 0 Å². The van der Waals surface area contributed by atoms with Crippen LogP contribution in [-0.4, -0.2) is 31.8 Å². The van der Waals surface area contributed by atoms with E-state index in [0.717, 1.165) is 0 Å². The average Bonchev–Trinajstić information content (AvgIpc) is 2.21. The number of carboxylic acid groups (broad SMARTS) is 1. The summed E-state index contributed by atoms with van der Waals surface area (Å²) in [4.78, 5) is 10.5. The van der Waals surface area contributed by atoms with Gasteiger partial charge in [0, 0.05) is 13.0 Å². The summed E-state index contributed by atoms with van der Waals surface area (Å²) in [5.74, 6) is -0.583. The molecule has 1 unspecified atom stereocenters. The molecule has 0 amide bonds. The molecule has 0 spiro atoms. The number of nitrogens with one attached hydrogen (secondary N) is 1. The van der Waals surface area contributed by atoms with Crippen molar-refractivity contribution in [3.05, 3.63) is 0 Å². The highest BCUT2D eigenvalue weighted by molar-refractivity contribution is 7.89. The maximum absolute atomic E-state index is 11.6. The highest BCUT2D eigenvalue weighted by Crippen LogP contribution is 2.08. The van der Waals surface area contributed by atoms with Gasteiger partial charge < -0.3 is 5.11 Å². The third-order valence-electron chi connectivity index (χ3n) is 2.60. The van der Waals surface area contributed by atoms with E-state index in [9.17, 15) is 13.2 Å². The van der Waals surface area contributed by atoms with Crippen molar-refractivity contribution >= 4 is 16.0 Å². The van der Waals surface area contributed by atoms with Crippen LogP contribution in [0.5, 0.6) is 0 Å². The molecule has 0 aromatic carbocycles. The van der Waals surface area contributed by atoms with Gasteiger partial charge in [-0.3, -0.25) is 4.79 Å². The molecule has 1 atom stereocenters. The quantitative estimate of drug-likeness (QED) is 0.661. The van der Waals surface area contributed by atoms with E-state index in [4.69, 9.17) is 5.11 Å². The summed E-state index contributed by atoms with van der Waals surface area (Å²) in [5, 5.41) is 8.64. The summed E-state index contributed by atoms with van der Waals surface area (Å²) < 4.78 is 25.6. The van der Waals surface area contributed by atoms with Crippen molar-refractivity contribution in [3.8, 4) is 0 Å². The summed E-state index contributed by atoms with van der Waals surface area (Å²) in [6, 6.07) is 0. The number of sulfonamides is 1. The van der Waals surface area contributed by atoms with Crippen LogP contribution in [0.1, 0.15) is 40.0 Å². The first-order valence-electron chi connectivity index (χ1n) is 5.96. The highest BCUT2D eigenvalue weighted by atomic mass is 32.2. The van der Waals surface area contributed by atoms with E-state index >= 15 is 0 Å². The van der Waals surface area contributed by atoms with Gasteiger partial charge in [0.2, 0.25) is 10.0 Å². The Labute approximate surface area is 104 Å². The molecule has 6 heteroatoms. The molecule has 0 bridgehead atoms. The molecular formula is C11H23NO4S. The molecular weight excluding hydrogens is 242 g/mol. The third kappa shape index (κ3) is 9.12. The first-order valence-corrected chi connectivity index (χ1v) is 7.61. The topological polar surface area (TPSA) is 83.5 Å². The maximum atomic E-state index is 11.6. The Balaban J connectivity index is 4.10. The fourth-order valence-electron chi connectivity index (χ4n) is 1.32. The fraction of sp³-hybridized carbons (Fsp3) is 0.909. The maximum Gasteiger partial charge on any atom is 0.303 e. The molecule has 0 aromatic heterocycles. The van der Waals surface area contributed by atoms with Crippen molar-refractivity contribution < 1.29 is 18.3 Å². The Kier molecular flexibility index (Phi) is 7.38. The standard InChI is InChI=1S/C11H23NO4S/c1-4-10(7-11(13)14)8-12-17(15,16)6-5-9(2)3/h9-10,12H,4-8H2,1-3H3,(H,13,14). The minimum atomic E-state index is -3.26. The van der Waals surface area contributed by atoms with Crippen LogP contribution in [-0.2, 0) is 14.8 Å². The average molecular weight is 265 g/mol. The van der Waals surface area contributed by atoms with Crippen LogP contribution in [0.25, 0.3) is 0 Å². The second kappa shape index (κ2) is 7.66. The van der Waals surface area contributed by atoms with Crippen molar-refractivity contribution in [3.63, 3.8) is 0 Å². The molecule has 0 aliphatic rings. The van der Waals surface area contributed by atoms with Crippen LogP contribution in [0.3, 0.4) is 0 Å². The van der Waals surface area contributed by atoms with Gasteiger partial charge >= 0.3 is 5.97 Å². The number of hydrogen-bond donors (Lipinski definition) is 2. The molecule has 2 N–H and O–H groups in total. The molecule has 0 rings (SSSR count). The summed E-state index contributed by atoms with van der Waals surface area (Å²) >= 11 is 0. The van der Waals surface area contributed by atoms with Crippen molar-refractivity contribution in [1.82, 2.24) is 4.72 Å². The highest BCUT2D eigenvalue weighted by Gasteiger charge is 2.16. The molecule has 0 heterocycles. The van der Waals surface area contributed by atoms with Crippen molar-refractivity contribution in [2.24, 2.45) is 11.8 Å². The number of carbonyl (C=O) groups is 1. The van der Waals surface area contributed by atoms with Crippen LogP contribution in [0, 0.1) is 11.8 Å². The predicted octanol–water partition coefficient (Wildman–Crippen LogP) is 1.45. The molecule has 102 valence electrons. The van der Waals surface area contributed by atoms with Crippen LogP contribution in [0.15, 0.2) is 0 Å². The van der Waals surface area contributed by atoms with Gasteiger partial charge in [-0.05, 0) is 18.3 Å².